The molecule has 0 saturated heterocycles. The molecule has 0 aliphatic carbocycles. The lowest BCUT2D eigenvalue weighted by Crippen LogP contribution is -2.11. The highest BCUT2D eigenvalue weighted by Gasteiger charge is 1.93. The molecule has 0 aliphatic heterocycles. The molecular weight excluding hydrogens is 152 g/mol. The third-order valence-corrected chi connectivity index (χ3v) is 1.31. The largest absolute Gasteiger partial charge is 0.382 e. The molecule has 0 unspecified atom stereocenters. The summed E-state index contributed by atoms with van der Waals surface area (Å²) in [4.78, 5) is 0. The number of rotatable bonds is 2. The second kappa shape index (κ2) is 4.23. The van der Waals surface area contributed by atoms with Crippen molar-refractivity contribution in [3.63, 3.8) is 0 Å². The SMILES string of the molecule is CN=NN=C(N)c1ccccc1. The fourth-order valence-electron chi connectivity index (χ4n) is 0.760. The number of nitrogens with zero attached hydrogens (tertiary/aromatic N) is 3. The second-order valence-corrected chi connectivity index (χ2v) is 2.14. The predicted molar refractivity (Wildman–Crippen MR) is 47.9 cm³/mol. The van der Waals surface area contributed by atoms with E-state index in [1.54, 1.807) is 7.05 Å². The molecule has 62 valence electrons. The van der Waals surface area contributed by atoms with Crippen LogP contribution >= 0.6 is 0 Å². The number of hydrogen-bond donors (Lipinski definition) is 1. The molecule has 1 aromatic rings. The van der Waals surface area contributed by atoms with Crippen LogP contribution in [0, 0.1) is 0 Å². The van der Waals surface area contributed by atoms with E-state index < -0.39 is 0 Å². The number of amidine groups is 1. The highest BCUT2D eigenvalue weighted by atomic mass is 15.4. The van der Waals surface area contributed by atoms with Crippen molar-refractivity contribution in [3.05, 3.63) is 35.9 Å². The molecule has 1 aromatic carbocycles. The smallest absolute Gasteiger partial charge is 0.155 e. The van der Waals surface area contributed by atoms with E-state index in [0.717, 1.165) is 5.56 Å². The summed E-state index contributed by atoms with van der Waals surface area (Å²) in [6, 6.07) is 9.42. The first kappa shape index (κ1) is 8.39. The zero-order chi connectivity index (χ0) is 8.81. The topological polar surface area (TPSA) is 63.1 Å². The summed E-state index contributed by atoms with van der Waals surface area (Å²) in [6.07, 6.45) is 0. The van der Waals surface area contributed by atoms with E-state index in [1.807, 2.05) is 30.3 Å². The summed E-state index contributed by atoms with van der Waals surface area (Å²) in [5.74, 6) is 0.376. The van der Waals surface area contributed by atoms with Crippen LogP contribution in [0.1, 0.15) is 5.56 Å². The fraction of sp³-hybridized carbons (Fsp3) is 0.125. The standard InChI is InChI=1S/C8H10N4/c1-10-12-11-8(9)7-5-3-2-4-6-7/h2-6H,1H3,(H2,9,10,11). The first-order valence-electron chi connectivity index (χ1n) is 3.52. The lowest BCUT2D eigenvalue weighted by molar-refractivity contribution is 1.02. The third-order valence-electron chi connectivity index (χ3n) is 1.31. The van der Waals surface area contributed by atoms with Gasteiger partial charge in [0.1, 0.15) is 0 Å². The van der Waals surface area contributed by atoms with Crippen molar-refractivity contribution >= 4 is 5.84 Å². The van der Waals surface area contributed by atoms with Crippen molar-refractivity contribution < 1.29 is 0 Å². The van der Waals surface area contributed by atoms with E-state index in [1.165, 1.54) is 0 Å². The van der Waals surface area contributed by atoms with Crippen molar-refractivity contribution in [2.75, 3.05) is 7.05 Å². The Labute approximate surface area is 70.8 Å². The van der Waals surface area contributed by atoms with Gasteiger partial charge in [0.15, 0.2) is 5.84 Å². The molecule has 0 saturated carbocycles. The van der Waals surface area contributed by atoms with E-state index >= 15 is 0 Å². The maximum atomic E-state index is 5.58. The molecule has 0 atom stereocenters. The highest BCUT2D eigenvalue weighted by molar-refractivity contribution is 5.97. The van der Waals surface area contributed by atoms with Gasteiger partial charge >= 0.3 is 0 Å². The predicted octanol–water partition coefficient (Wildman–Crippen LogP) is 1.39. The van der Waals surface area contributed by atoms with Gasteiger partial charge < -0.3 is 5.73 Å². The lowest BCUT2D eigenvalue weighted by Gasteiger charge is -1.95. The van der Waals surface area contributed by atoms with E-state index in [-0.39, 0.29) is 0 Å². The molecule has 0 aromatic heterocycles. The summed E-state index contributed by atoms with van der Waals surface area (Å²) in [5.41, 5.74) is 6.43. The van der Waals surface area contributed by atoms with Gasteiger partial charge in [-0.3, -0.25) is 0 Å². The fourth-order valence-corrected chi connectivity index (χ4v) is 0.760. The highest BCUT2D eigenvalue weighted by Crippen LogP contribution is 1.97. The van der Waals surface area contributed by atoms with Crippen LogP contribution in [0.2, 0.25) is 0 Å². The Balaban J connectivity index is 2.85. The normalized spacial score (nSPS) is 12.2. The molecule has 12 heavy (non-hydrogen) atoms. The average Bonchev–Trinajstić information content (AvgIpc) is 2.15. The minimum atomic E-state index is 0.376. The van der Waals surface area contributed by atoms with Crippen LogP contribution in [-0.2, 0) is 0 Å². The van der Waals surface area contributed by atoms with Gasteiger partial charge in [0.25, 0.3) is 0 Å². The number of hydrogen-bond acceptors (Lipinski definition) is 2. The van der Waals surface area contributed by atoms with E-state index in [0.29, 0.717) is 5.84 Å². The van der Waals surface area contributed by atoms with Crippen LogP contribution in [0.3, 0.4) is 0 Å². The molecule has 0 heterocycles. The summed E-state index contributed by atoms with van der Waals surface area (Å²) < 4.78 is 0. The Kier molecular flexibility index (Phi) is 2.95. The Morgan fingerprint density at radius 2 is 1.92 bits per heavy atom. The Hall–Kier alpha value is -1.71. The van der Waals surface area contributed by atoms with Gasteiger partial charge in [-0.1, -0.05) is 30.3 Å². The first-order valence-corrected chi connectivity index (χ1v) is 3.52. The minimum Gasteiger partial charge on any atom is -0.382 e. The molecule has 4 nitrogen and oxygen atoms in total. The second-order valence-electron chi connectivity index (χ2n) is 2.14. The molecule has 0 amide bonds. The van der Waals surface area contributed by atoms with E-state index in [9.17, 15) is 0 Å². The molecule has 4 heteroatoms. The zero-order valence-electron chi connectivity index (χ0n) is 6.81. The van der Waals surface area contributed by atoms with Crippen molar-refractivity contribution in [2.24, 2.45) is 21.2 Å². The van der Waals surface area contributed by atoms with Crippen LogP contribution in [0.5, 0.6) is 0 Å². The molecule has 2 N–H and O–H groups in total. The van der Waals surface area contributed by atoms with Gasteiger partial charge in [0.05, 0.1) is 7.05 Å². The number of benzene rings is 1. The quantitative estimate of drug-likeness (QED) is 0.303. The molecule has 0 spiro atoms. The maximum absolute atomic E-state index is 5.58. The van der Waals surface area contributed by atoms with Gasteiger partial charge in [-0.15, -0.1) is 5.10 Å². The molecule has 0 fully saturated rings. The van der Waals surface area contributed by atoms with Crippen molar-refractivity contribution in [1.82, 2.24) is 0 Å². The summed E-state index contributed by atoms with van der Waals surface area (Å²) in [5, 5.41) is 10.6. The Bertz CT molecular complexity index is 289. The Morgan fingerprint density at radius 1 is 1.25 bits per heavy atom. The van der Waals surface area contributed by atoms with E-state index in [4.69, 9.17) is 5.73 Å². The minimum absolute atomic E-state index is 0.376. The van der Waals surface area contributed by atoms with Gasteiger partial charge in [-0.2, -0.15) is 5.11 Å². The first-order chi connectivity index (χ1) is 5.84. The molecule has 1 rings (SSSR count). The van der Waals surface area contributed by atoms with Crippen LogP contribution in [0.15, 0.2) is 45.8 Å². The zero-order valence-corrected chi connectivity index (χ0v) is 6.81. The van der Waals surface area contributed by atoms with Gasteiger partial charge in [-0.05, 0) is 5.22 Å². The van der Waals surface area contributed by atoms with Crippen molar-refractivity contribution in [3.8, 4) is 0 Å². The van der Waals surface area contributed by atoms with Gasteiger partial charge in [-0.25, -0.2) is 0 Å². The average molecular weight is 162 g/mol. The van der Waals surface area contributed by atoms with Crippen molar-refractivity contribution in [2.45, 2.75) is 0 Å². The van der Waals surface area contributed by atoms with Crippen LogP contribution in [0.25, 0.3) is 0 Å². The third kappa shape index (κ3) is 2.16. The Morgan fingerprint density at radius 3 is 2.50 bits per heavy atom. The van der Waals surface area contributed by atoms with E-state index in [2.05, 4.69) is 15.4 Å². The van der Waals surface area contributed by atoms with Crippen LogP contribution in [0.4, 0.5) is 0 Å². The van der Waals surface area contributed by atoms with Crippen molar-refractivity contribution in [1.29, 1.82) is 0 Å². The summed E-state index contributed by atoms with van der Waals surface area (Å²) >= 11 is 0. The van der Waals surface area contributed by atoms with Crippen LogP contribution in [-0.4, -0.2) is 12.9 Å². The summed E-state index contributed by atoms with van der Waals surface area (Å²) in [7, 11) is 1.54. The monoisotopic (exact) mass is 162 g/mol. The van der Waals surface area contributed by atoms with Gasteiger partial charge in [0, 0.05) is 5.56 Å². The molecule has 0 aliphatic rings. The maximum Gasteiger partial charge on any atom is 0.155 e. The molecule has 0 radical (unpaired) electrons. The number of nitrogens with two attached hydrogens (primary N) is 1. The molecular formula is C8H10N4. The van der Waals surface area contributed by atoms with Gasteiger partial charge in [0.2, 0.25) is 0 Å². The van der Waals surface area contributed by atoms with Crippen LogP contribution < -0.4 is 5.73 Å². The molecule has 0 bridgehead atoms. The lowest BCUT2D eigenvalue weighted by atomic mass is 10.2. The summed E-state index contributed by atoms with van der Waals surface area (Å²) in [6.45, 7) is 0.